The number of carboxylic acid groups (broad SMARTS) is 1. The van der Waals surface area contributed by atoms with E-state index >= 15 is 0 Å². The Labute approximate surface area is 523 Å². The molecule has 18 atom stereocenters. The van der Waals surface area contributed by atoms with E-state index in [0.717, 1.165) is 58.3 Å². The zero-order valence-corrected chi connectivity index (χ0v) is 53.3. The van der Waals surface area contributed by atoms with Crippen LogP contribution in [-0.2, 0) is 42.8 Å². The van der Waals surface area contributed by atoms with E-state index in [1.165, 1.54) is 135 Å². The van der Waals surface area contributed by atoms with Crippen molar-refractivity contribution in [2.24, 2.45) is 0 Å². The average Bonchev–Trinajstić information content (AvgIpc) is 0.825. The molecule has 0 aliphatic carbocycles. The van der Waals surface area contributed by atoms with Crippen molar-refractivity contribution in [3.63, 3.8) is 0 Å². The lowest BCUT2D eigenvalue weighted by Crippen LogP contribution is -2.70. The van der Waals surface area contributed by atoms with Crippen molar-refractivity contribution in [1.29, 1.82) is 0 Å². The normalized spacial score (nSPS) is 29.1. The largest absolute Gasteiger partial charge is 0.477 e. The van der Waals surface area contributed by atoms with Gasteiger partial charge in [0.15, 0.2) is 12.6 Å². The fourth-order valence-electron chi connectivity index (χ4n) is 11.7. The molecule has 14 N–H and O–H groups in total. The van der Waals surface area contributed by atoms with Crippen LogP contribution in [0, 0.1) is 0 Å². The third-order valence-corrected chi connectivity index (χ3v) is 17.1. The van der Waals surface area contributed by atoms with Crippen molar-refractivity contribution in [2.75, 3.05) is 26.4 Å². The highest BCUT2D eigenvalue weighted by atomic mass is 16.8. The molecule has 0 saturated carbocycles. The van der Waals surface area contributed by atoms with Crippen molar-refractivity contribution in [3.05, 3.63) is 24.3 Å². The average molecular weight is 1260 g/mol. The van der Waals surface area contributed by atoms with Gasteiger partial charge in [-0.15, -0.1) is 0 Å². The smallest absolute Gasteiger partial charge is 0.364 e. The van der Waals surface area contributed by atoms with Crippen LogP contribution in [0.1, 0.15) is 233 Å². The molecule has 88 heavy (non-hydrogen) atoms. The molecule has 3 aliphatic heterocycles. The molecule has 0 spiro atoms. The highest BCUT2D eigenvalue weighted by Gasteiger charge is 2.60. The third kappa shape index (κ3) is 29.0. The Morgan fingerprint density at radius 1 is 0.591 bits per heavy atom. The number of allylic oxidation sites excluding steroid dienone is 3. The number of carbonyl (C=O) groups is 3. The molecule has 0 radical (unpaired) electrons. The van der Waals surface area contributed by atoms with Crippen LogP contribution in [0.3, 0.4) is 0 Å². The van der Waals surface area contributed by atoms with E-state index in [1.54, 1.807) is 6.08 Å². The topological polar surface area (TPSA) is 373 Å². The second-order valence-corrected chi connectivity index (χ2v) is 24.7. The standard InChI is InChI=1S/C65H118N2O21/c1-4-6-8-10-12-14-16-18-19-20-21-22-23-24-25-27-29-31-33-35-37-39-52(75)67-46(47(72)38-36-34-32-30-28-26-17-15-13-11-9-7-5-2)44-83-62-57(79)56(78)59(51(43-70)85-62)86-63-58(80)61(55(77)50(42-69)84-63)88-65(64(81)82)40-48(73)53(66-45(3)71)60(87-65)54(76)49(74)41-68/h19-20,36,38,46-51,53-63,68-70,72-74,76-80H,4-18,21-35,37,39-44H2,1-3H3,(H,66,71)(H,67,75)(H,81,82). The van der Waals surface area contributed by atoms with Gasteiger partial charge in [0.25, 0.3) is 5.79 Å². The number of unbranched alkanes of at least 4 members (excludes halogenated alkanes) is 28. The van der Waals surface area contributed by atoms with Crippen LogP contribution < -0.4 is 10.6 Å². The number of rotatable bonds is 50. The third-order valence-electron chi connectivity index (χ3n) is 17.1. The van der Waals surface area contributed by atoms with Crippen molar-refractivity contribution in [2.45, 2.75) is 342 Å². The fourth-order valence-corrected chi connectivity index (χ4v) is 11.7. The van der Waals surface area contributed by atoms with Gasteiger partial charge in [0.2, 0.25) is 11.8 Å². The molecule has 23 nitrogen and oxygen atoms in total. The van der Waals surface area contributed by atoms with Gasteiger partial charge in [0.05, 0.1) is 50.7 Å². The Morgan fingerprint density at radius 2 is 1.07 bits per heavy atom. The van der Waals surface area contributed by atoms with Gasteiger partial charge in [-0.25, -0.2) is 4.79 Å². The summed E-state index contributed by atoms with van der Waals surface area (Å²) in [6.07, 6.45) is 15.1. The molecular formula is C65H118N2O21. The number of hydrogen-bond acceptors (Lipinski definition) is 20. The summed E-state index contributed by atoms with van der Waals surface area (Å²) in [5.41, 5.74) is 0. The Kier molecular flexibility index (Phi) is 41.8. The first-order chi connectivity index (χ1) is 42.4. The molecular weight excluding hydrogens is 1140 g/mol. The van der Waals surface area contributed by atoms with Gasteiger partial charge in [-0.3, -0.25) is 9.59 Å². The van der Waals surface area contributed by atoms with Crippen molar-refractivity contribution in [3.8, 4) is 0 Å². The molecule has 3 saturated heterocycles. The second-order valence-electron chi connectivity index (χ2n) is 24.7. The summed E-state index contributed by atoms with van der Waals surface area (Å²) in [7, 11) is 0. The lowest BCUT2D eigenvalue weighted by molar-refractivity contribution is -0.386. The maximum atomic E-state index is 13.4. The van der Waals surface area contributed by atoms with E-state index in [0.29, 0.717) is 12.8 Å². The lowest BCUT2D eigenvalue weighted by atomic mass is 9.88. The number of aliphatic carboxylic acids is 1. The predicted octanol–water partition coefficient (Wildman–Crippen LogP) is 5.28. The van der Waals surface area contributed by atoms with Gasteiger partial charge < -0.3 is 100 Å². The number of aliphatic hydroxyl groups excluding tert-OH is 11. The van der Waals surface area contributed by atoms with Crippen LogP contribution in [0.4, 0.5) is 0 Å². The van der Waals surface area contributed by atoms with Gasteiger partial charge in [-0.05, 0) is 44.9 Å². The maximum absolute atomic E-state index is 13.4. The first-order valence-corrected chi connectivity index (χ1v) is 33.7. The molecule has 0 aromatic heterocycles. The Balaban J connectivity index is 1.60. The molecule has 23 heteroatoms. The SMILES string of the molecule is CCCCCCCCCC=CCCCCCCCCCCCCC(=O)NC(COC1OC(CO)C(OC2OC(CO)C(O)C(OC3(C(=O)O)CC(O)C(NC(C)=O)C(C(O)C(O)CO)O3)C2O)C(O)C1O)C(O)C=CCCCCCCCCCCCCC. The van der Waals surface area contributed by atoms with Gasteiger partial charge in [0.1, 0.15) is 67.1 Å². The van der Waals surface area contributed by atoms with E-state index in [2.05, 4.69) is 36.6 Å². The van der Waals surface area contributed by atoms with Crippen molar-refractivity contribution < 1.29 is 104 Å². The van der Waals surface area contributed by atoms with E-state index in [1.807, 2.05) is 6.08 Å². The highest BCUT2D eigenvalue weighted by Crippen LogP contribution is 2.39. The summed E-state index contributed by atoms with van der Waals surface area (Å²) in [5.74, 6) is -6.14. The number of hydrogen-bond donors (Lipinski definition) is 14. The summed E-state index contributed by atoms with van der Waals surface area (Å²) in [5, 5.41) is 136. The quantitative estimate of drug-likeness (QED) is 0.0272. The summed E-state index contributed by atoms with van der Waals surface area (Å²) in [6, 6.07) is -2.62. The molecule has 18 unspecified atom stereocenters. The summed E-state index contributed by atoms with van der Waals surface area (Å²) < 4.78 is 34.7. The van der Waals surface area contributed by atoms with Gasteiger partial charge >= 0.3 is 5.97 Å². The van der Waals surface area contributed by atoms with E-state index in [4.69, 9.17) is 28.4 Å². The van der Waals surface area contributed by atoms with E-state index in [-0.39, 0.29) is 12.3 Å². The number of ether oxygens (including phenoxy) is 6. The number of carbonyl (C=O) groups excluding carboxylic acids is 2. The Hall–Kier alpha value is -2.79. The number of aliphatic hydroxyl groups is 11. The second kappa shape index (κ2) is 46.3. The molecule has 2 amide bonds. The van der Waals surface area contributed by atoms with Crippen molar-refractivity contribution in [1.82, 2.24) is 10.6 Å². The molecule has 3 rings (SSSR count). The van der Waals surface area contributed by atoms with Gasteiger partial charge in [0, 0.05) is 19.8 Å². The van der Waals surface area contributed by atoms with Gasteiger partial charge in [-0.1, -0.05) is 192 Å². The monoisotopic (exact) mass is 1260 g/mol. The molecule has 3 aliphatic rings. The summed E-state index contributed by atoms with van der Waals surface area (Å²) in [6.45, 7) is 2.11. The van der Waals surface area contributed by atoms with Gasteiger partial charge in [-0.2, -0.15) is 0 Å². The minimum absolute atomic E-state index is 0.199. The van der Waals surface area contributed by atoms with Crippen LogP contribution in [0.25, 0.3) is 0 Å². The Morgan fingerprint density at radius 3 is 1.55 bits per heavy atom. The van der Waals surface area contributed by atoms with Crippen LogP contribution in [0.5, 0.6) is 0 Å². The molecule has 0 aromatic carbocycles. The first kappa shape index (κ1) is 79.4. The van der Waals surface area contributed by atoms with Crippen LogP contribution >= 0.6 is 0 Å². The zero-order valence-electron chi connectivity index (χ0n) is 53.3. The first-order valence-electron chi connectivity index (χ1n) is 33.7. The highest BCUT2D eigenvalue weighted by molar-refractivity contribution is 5.77. The molecule has 3 heterocycles. The zero-order chi connectivity index (χ0) is 64.7. The fraction of sp³-hybridized carbons (Fsp3) is 0.892. The number of nitrogens with one attached hydrogen (secondary N) is 2. The van der Waals surface area contributed by atoms with Crippen LogP contribution in [0.2, 0.25) is 0 Å². The molecule has 0 bridgehead atoms. The maximum Gasteiger partial charge on any atom is 0.364 e. The number of carboxylic acids is 1. The van der Waals surface area contributed by atoms with Crippen molar-refractivity contribution >= 4 is 17.8 Å². The summed E-state index contributed by atoms with van der Waals surface area (Å²) >= 11 is 0. The van der Waals surface area contributed by atoms with Crippen LogP contribution in [0.15, 0.2) is 24.3 Å². The van der Waals surface area contributed by atoms with E-state index in [9.17, 15) is 75.7 Å². The molecule has 0 aromatic rings. The molecule has 3 fully saturated rings. The predicted molar refractivity (Wildman–Crippen MR) is 329 cm³/mol. The lowest BCUT2D eigenvalue weighted by Gasteiger charge is -2.50. The Bertz CT molecular complexity index is 1890. The minimum Gasteiger partial charge on any atom is -0.477 e. The van der Waals surface area contributed by atoms with E-state index < -0.39 is 155 Å². The minimum atomic E-state index is -3.08. The number of amides is 2. The molecule has 514 valence electrons. The van der Waals surface area contributed by atoms with Crippen LogP contribution in [-0.4, -0.2) is 215 Å². The summed E-state index contributed by atoms with van der Waals surface area (Å²) in [4.78, 5) is 38.5.